The molecule has 5 aromatic rings. The number of aromatic nitrogens is 4. The van der Waals surface area contributed by atoms with Gasteiger partial charge in [0.25, 0.3) is 0 Å². The SMILES string of the molecule is C=C(CC)[C@H](NC(=O)OC)C(=O)N1C2CC2C[C@H]1c1ncc(-c2ccc(-c3ccc(-c4ccc(-c5cnc([C@@H]6CC7CC7N6C(=O)C(NC(=O)OC)[C@@H](C)CC)[nH]5)cc4)c4c3C3CCC4C3)c3c2C2CCC3C2)[nH]1. The van der Waals surface area contributed by atoms with Gasteiger partial charge >= 0.3 is 12.2 Å². The van der Waals surface area contributed by atoms with E-state index in [-0.39, 0.29) is 41.9 Å². The molecule has 6 aliphatic carbocycles. The molecule has 3 aromatic carbocycles. The van der Waals surface area contributed by atoms with Gasteiger partial charge in [-0.15, -0.1) is 0 Å². The molecule has 0 radical (unpaired) electrons. The second-order valence-electron chi connectivity index (χ2n) is 23.0. The number of nitrogens with zero attached hydrogens (tertiary/aromatic N) is 4. The number of fused-ring (bicyclic) bond motifs is 12. The first kappa shape index (κ1) is 47.0. The summed E-state index contributed by atoms with van der Waals surface area (Å²) in [6.07, 6.45) is 14.9. The van der Waals surface area contributed by atoms with E-state index in [1.807, 2.05) is 43.0 Å². The second-order valence-corrected chi connectivity index (χ2v) is 23.0. The minimum Gasteiger partial charge on any atom is -0.453 e. The van der Waals surface area contributed by atoms with E-state index in [0.29, 0.717) is 47.5 Å². The number of rotatable bonds is 14. The maximum absolute atomic E-state index is 14.3. The fourth-order valence-electron chi connectivity index (χ4n) is 15.1. The zero-order valence-corrected chi connectivity index (χ0v) is 43.2. The molecule has 6 fully saturated rings. The van der Waals surface area contributed by atoms with Crippen molar-refractivity contribution in [1.82, 2.24) is 40.4 Å². The summed E-state index contributed by atoms with van der Waals surface area (Å²) in [6.45, 7) is 10.1. The standard InChI is InChI=1S/C60H68N8O6/c1-7-29(3)53(65-59(71)73-5)57(69)67-45-23-37(45)25-47(67)55-61-27-43(63-55)32-11-9-31(10-12-32)39-17-18-40(50-34-14-13-33(21-34)49(39)50)41-19-20-42(52-36-16-15-35(22-36)51(41)52)44-28-62-56(64-44)48-26-38-24-46(38)68(48)58(70)54(30(4)8-2)66-60(72)74-6/h9-12,17-20,27-29,33-38,45-48,53-54H,4,7-8,13-16,21-26H2,1-3,5-6H3,(H,61,63)(H,62,64)(H,65,71)(H,66,72)/t29-,33?,34?,35?,36?,37?,38?,45?,46?,47-,48-,53?,54-/m0/s1. The van der Waals surface area contributed by atoms with Crippen LogP contribution in [0, 0.1) is 17.8 Å². The van der Waals surface area contributed by atoms with Crippen molar-refractivity contribution < 1.29 is 28.7 Å². The Morgan fingerprint density at radius 1 is 0.622 bits per heavy atom. The van der Waals surface area contributed by atoms with E-state index >= 15 is 0 Å². The highest BCUT2D eigenvalue weighted by molar-refractivity contribution is 5.90. The number of hydrogen-bond donors (Lipinski definition) is 4. The van der Waals surface area contributed by atoms with Gasteiger partial charge < -0.3 is 39.9 Å². The third-order valence-electron chi connectivity index (χ3n) is 19.2. The minimum atomic E-state index is -0.849. The van der Waals surface area contributed by atoms with Crippen molar-refractivity contribution in [3.05, 3.63) is 107 Å². The van der Waals surface area contributed by atoms with Gasteiger partial charge in [0, 0.05) is 17.6 Å². The minimum absolute atomic E-state index is 0.0435. The number of piperidine rings is 2. The number of benzene rings is 3. The molecule has 4 amide bonds. The zero-order valence-electron chi connectivity index (χ0n) is 43.2. The molecule has 14 nitrogen and oxygen atoms in total. The number of likely N-dealkylation sites (tertiary alicyclic amines) is 2. The lowest BCUT2D eigenvalue weighted by Gasteiger charge is -2.32. The lowest BCUT2D eigenvalue weighted by atomic mass is 9.77. The first-order valence-corrected chi connectivity index (χ1v) is 27.5. The summed E-state index contributed by atoms with van der Waals surface area (Å²) in [4.78, 5) is 74.3. The number of H-pyrrole nitrogens is 2. The number of imidazole rings is 2. The van der Waals surface area contributed by atoms with Gasteiger partial charge in [-0.25, -0.2) is 19.6 Å². The van der Waals surface area contributed by atoms with Crippen LogP contribution >= 0.6 is 0 Å². The molecule has 4 bridgehead atoms. The molecule has 0 spiro atoms. The molecule has 13 atom stereocenters. The molecule has 4 saturated carbocycles. The molecule has 8 aliphatic rings. The van der Waals surface area contributed by atoms with E-state index in [1.165, 1.54) is 97.3 Å². The van der Waals surface area contributed by atoms with Gasteiger partial charge in [0.05, 0.1) is 50.1 Å². The highest BCUT2D eigenvalue weighted by atomic mass is 16.5. The Kier molecular flexibility index (Phi) is 11.4. The van der Waals surface area contributed by atoms with Crippen molar-refractivity contribution in [2.24, 2.45) is 17.8 Å². The lowest BCUT2D eigenvalue weighted by Crippen LogP contribution is -2.52. The van der Waals surface area contributed by atoms with Gasteiger partial charge in [-0.1, -0.05) is 82.3 Å². The highest BCUT2D eigenvalue weighted by Gasteiger charge is 2.58. The lowest BCUT2D eigenvalue weighted by molar-refractivity contribution is -0.137. The zero-order chi connectivity index (χ0) is 50.8. The van der Waals surface area contributed by atoms with Crippen LogP contribution in [0.25, 0.3) is 44.8 Å². The van der Waals surface area contributed by atoms with E-state index in [2.05, 4.69) is 75.7 Å². The molecule has 2 aromatic heterocycles. The Morgan fingerprint density at radius 2 is 1.09 bits per heavy atom. The van der Waals surface area contributed by atoms with Crippen LogP contribution in [0.1, 0.15) is 167 Å². The smallest absolute Gasteiger partial charge is 0.407 e. The van der Waals surface area contributed by atoms with E-state index in [9.17, 15) is 19.2 Å². The predicted octanol–water partition coefficient (Wildman–Crippen LogP) is 11.3. The van der Waals surface area contributed by atoms with Crippen molar-refractivity contribution in [3.63, 3.8) is 0 Å². The van der Waals surface area contributed by atoms with E-state index in [0.717, 1.165) is 60.7 Å². The van der Waals surface area contributed by atoms with Crippen molar-refractivity contribution in [2.75, 3.05) is 14.2 Å². The number of alkyl carbamates (subject to hydrolysis) is 2. The van der Waals surface area contributed by atoms with Crippen molar-refractivity contribution >= 4 is 24.0 Å². The number of carbonyl (C=O) groups is 4. The van der Waals surface area contributed by atoms with E-state index in [1.54, 1.807) is 5.56 Å². The molecule has 4 heterocycles. The number of hydrogen-bond acceptors (Lipinski definition) is 8. The quantitative estimate of drug-likeness (QED) is 0.0795. The Labute approximate surface area is 432 Å². The van der Waals surface area contributed by atoms with Crippen molar-refractivity contribution in [2.45, 2.75) is 158 Å². The molecule has 14 heteroatoms. The van der Waals surface area contributed by atoms with Crippen LogP contribution in [0.3, 0.4) is 0 Å². The topological polar surface area (TPSA) is 175 Å². The Bertz CT molecular complexity index is 3120. The van der Waals surface area contributed by atoms with Crippen LogP contribution in [0.4, 0.5) is 9.59 Å². The Balaban J connectivity index is 0.776. The number of aromatic amines is 2. The van der Waals surface area contributed by atoms with Crippen LogP contribution in [0.5, 0.6) is 0 Å². The summed E-state index contributed by atoms with van der Waals surface area (Å²) in [5, 5.41) is 5.59. The third kappa shape index (κ3) is 7.53. The summed E-state index contributed by atoms with van der Waals surface area (Å²) in [6, 6.07) is 16.9. The summed E-state index contributed by atoms with van der Waals surface area (Å²) in [5.74, 6) is 4.37. The summed E-state index contributed by atoms with van der Waals surface area (Å²) >= 11 is 0. The van der Waals surface area contributed by atoms with Crippen molar-refractivity contribution in [1.29, 1.82) is 0 Å². The molecular weight excluding hydrogens is 929 g/mol. The molecule has 2 aliphatic heterocycles. The molecule has 9 unspecified atom stereocenters. The molecule has 384 valence electrons. The van der Waals surface area contributed by atoms with Gasteiger partial charge in [-0.2, -0.15) is 0 Å². The van der Waals surface area contributed by atoms with Gasteiger partial charge in [-0.3, -0.25) is 9.59 Å². The molecule has 13 rings (SSSR count). The predicted molar refractivity (Wildman–Crippen MR) is 281 cm³/mol. The van der Waals surface area contributed by atoms with Gasteiger partial charge in [0.2, 0.25) is 11.8 Å². The van der Waals surface area contributed by atoms with Crippen LogP contribution in [-0.2, 0) is 19.1 Å². The van der Waals surface area contributed by atoms with E-state index in [4.69, 9.17) is 19.4 Å². The number of carbonyl (C=O) groups excluding carboxylic acids is 4. The average molecular weight is 997 g/mol. The van der Waals surface area contributed by atoms with Crippen LogP contribution < -0.4 is 10.6 Å². The average Bonchev–Trinajstić information content (AvgIpc) is 4.06. The summed E-state index contributed by atoms with van der Waals surface area (Å²) < 4.78 is 9.80. The molecule has 74 heavy (non-hydrogen) atoms. The fourth-order valence-corrected chi connectivity index (χ4v) is 15.1. The fraction of sp³-hybridized carbons (Fsp3) is 0.500. The van der Waals surface area contributed by atoms with Crippen LogP contribution in [0.2, 0.25) is 0 Å². The largest absolute Gasteiger partial charge is 0.453 e. The summed E-state index contributed by atoms with van der Waals surface area (Å²) in [5.41, 5.74) is 16.3. The van der Waals surface area contributed by atoms with Crippen LogP contribution in [-0.4, -0.2) is 92.1 Å². The number of amides is 4. The highest BCUT2D eigenvalue weighted by Crippen LogP contribution is 2.63. The Morgan fingerprint density at radius 3 is 1.65 bits per heavy atom. The number of nitrogens with one attached hydrogen (secondary N) is 4. The number of methoxy groups -OCH3 is 2. The van der Waals surface area contributed by atoms with Crippen LogP contribution in [0.15, 0.2) is 73.1 Å². The van der Waals surface area contributed by atoms with Gasteiger partial charge in [0.15, 0.2) is 0 Å². The number of ether oxygens (including phenoxy) is 2. The maximum Gasteiger partial charge on any atom is 0.407 e. The second kappa shape index (κ2) is 18.0. The first-order valence-electron chi connectivity index (χ1n) is 27.5. The monoisotopic (exact) mass is 997 g/mol. The van der Waals surface area contributed by atoms with Crippen molar-refractivity contribution in [3.8, 4) is 44.8 Å². The van der Waals surface area contributed by atoms with Gasteiger partial charge in [0.1, 0.15) is 23.7 Å². The molecular formula is C60H68N8O6. The molecule has 2 saturated heterocycles. The van der Waals surface area contributed by atoms with E-state index < -0.39 is 24.3 Å². The molecule has 4 N–H and O–H groups in total. The summed E-state index contributed by atoms with van der Waals surface area (Å²) in [7, 11) is 2.64. The Hall–Kier alpha value is -6.70. The van der Waals surface area contributed by atoms with Gasteiger partial charge in [-0.05, 0) is 168 Å². The maximum atomic E-state index is 14.3. The normalized spacial score (nSPS) is 28.2. The third-order valence-corrected chi connectivity index (χ3v) is 19.2. The first-order chi connectivity index (χ1) is 36.0.